The third kappa shape index (κ3) is 5.17. The van der Waals surface area contributed by atoms with Gasteiger partial charge in [0.15, 0.2) is 0 Å². The maximum atomic E-state index is 12.3. The first kappa shape index (κ1) is 17.1. The number of hydrogen-bond donors (Lipinski definition) is 4. The first-order valence-corrected chi connectivity index (χ1v) is 8.36. The van der Waals surface area contributed by atoms with Gasteiger partial charge in [-0.15, -0.1) is 0 Å². The Hall–Kier alpha value is -2.21. The number of allylic oxidation sites excluding steroid dienone is 3. The first-order valence-electron chi connectivity index (χ1n) is 6.80. The van der Waals surface area contributed by atoms with E-state index in [2.05, 4.69) is 4.76 Å². The van der Waals surface area contributed by atoms with E-state index in [0.717, 1.165) is 5.56 Å². The minimum absolute atomic E-state index is 0.0753. The Morgan fingerprint density at radius 2 is 1.96 bits per heavy atom. The largest absolute Gasteiger partial charge is 0.508 e. The molecule has 0 bridgehead atoms. The predicted octanol–water partition coefficient (Wildman–Crippen LogP) is 2.06. The number of carbonyl (C=O) groups excluding carboxylic acids is 1. The number of rotatable bonds is 5. The van der Waals surface area contributed by atoms with E-state index in [1.165, 1.54) is 30.4 Å². The van der Waals surface area contributed by atoms with E-state index in [9.17, 15) is 19.6 Å². The van der Waals surface area contributed by atoms with Crippen LogP contribution in [0, 0.1) is 5.92 Å². The number of aromatic hydroxyl groups is 1. The smallest absolute Gasteiger partial charge is 0.448 e. The molecule has 0 saturated heterocycles. The van der Waals surface area contributed by atoms with Crippen molar-refractivity contribution in [3.8, 4) is 5.75 Å². The van der Waals surface area contributed by atoms with Gasteiger partial charge in [0.1, 0.15) is 17.3 Å². The van der Waals surface area contributed by atoms with Crippen molar-refractivity contribution in [3.05, 3.63) is 53.8 Å². The van der Waals surface area contributed by atoms with Crippen LogP contribution >= 0.6 is 7.75 Å². The lowest BCUT2D eigenvalue weighted by Crippen LogP contribution is -2.24. The summed E-state index contributed by atoms with van der Waals surface area (Å²) < 4.78 is 14.3. The number of phenols is 1. The highest BCUT2D eigenvalue weighted by Gasteiger charge is 2.26. The number of Topliss-reactive ketones (excluding diaryl/α,β-unsaturated/α-hetero) is 1. The van der Waals surface area contributed by atoms with Crippen molar-refractivity contribution >= 4 is 19.2 Å². The zero-order valence-corrected chi connectivity index (χ0v) is 12.9. The molecular weight excluding hydrogens is 321 g/mol. The third-order valence-electron chi connectivity index (χ3n) is 3.24. The summed E-state index contributed by atoms with van der Waals surface area (Å²) in [4.78, 5) is 30.2. The molecule has 0 aromatic heterocycles. The van der Waals surface area contributed by atoms with Gasteiger partial charge in [-0.05, 0) is 42.3 Å². The quantitative estimate of drug-likeness (QED) is 0.609. The number of carbonyl (C=O) groups is 1. The van der Waals surface area contributed by atoms with Crippen LogP contribution in [0.1, 0.15) is 12.0 Å². The van der Waals surface area contributed by atoms with Crippen molar-refractivity contribution in [2.24, 2.45) is 10.7 Å². The van der Waals surface area contributed by atoms with Gasteiger partial charge in [-0.1, -0.05) is 12.1 Å². The van der Waals surface area contributed by atoms with Crippen LogP contribution in [-0.2, 0) is 15.8 Å². The van der Waals surface area contributed by atoms with E-state index in [4.69, 9.17) is 9.79 Å². The second-order valence-electron chi connectivity index (χ2n) is 5.08. The molecule has 0 amide bonds. The maximum Gasteiger partial charge on any atom is 0.448 e. The number of nitrogens with zero attached hydrogens (tertiary/aromatic N) is 1. The lowest BCUT2D eigenvalue weighted by molar-refractivity contribution is -0.119. The lowest BCUT2D eigenvalue weighted by atomic mass is 9.90. The molecule has 1 atom stereocenters. The topological polar surface area (TPSA) is 127 Å². The number of benzene rings is 1. The monoisotopic (exact) mass is 337 g/mol. The minimum Gasteiger partial charge on any atom is -0.508 e. The van der Waals surface area contributed by atoms with Crippen molar-refractivity contribution in [1.29, 1.82) is 0 Å². The van der Waals surface area contributed by atoms with Gasteiger partial charge in [-0.3, -0.25) is 4.79 Å². The van der Waals surface area contributed by atoms with Crippen molar-refractivity contribution in [3.63, 3.8) is 0 Å². The van der Waals surface area contributed by atoms with Crippen LogP contribution in [0.2, 0.25) is 0 Å². The Balaban J connectivity index is 2.13. The van der Waals surface area contributed by atoms with Gasteiger partial charge >= 0.3 is 7.75 Å². The molecule has 2 rings (SSSR count). The van der Waals surface area contributed by atoms with Gasteiger partial charge in [0.2, 0.25) is 0 Å². The Labute approximate surface area is 132 Å². The van der Waals surface area contributed by atoms with Crippen LogP contribution in [-0.4, -0.2) is 31.5 Å². The summed E-state index contributed by atoms with van der Waals surface area (Å²) in [6.07, 6.45) is 4.06. The maximum absolute atomic E-state index is 12.3. The van der Waals surface area contributed by atoms with E-state index in [1.807, 2.05) is 0 Å². The van der Waals surface area contributed by atoms with Crippen molar-refractivity contribution in [1.82, 2.24) is 0 Å². The van der Waals surface area contributed by atoms with E-state index < -0.39 is 13.7 Å². The molecule has 8 heteroatoms. The lowest BCUT2D eigenvalue weighted by Gasteiger charge is -2.16. The molecule has 7 nitrogen and oxygen atoms in total. The Kier molecular flexibility index (Phi) is 5.15. The number of aliphatic hydroxyl groups is 1. The van der Waals surface area contributed by atoms with Gasteiger partial charge in [0, 0.05) is 6.42 Å². The number of aliphatic hydroxyl groups excluding tert-OH is 1. The van der Waals surface area contributed by atoms with Crippen LogP contribution in [0.3, 0.4) is 0 Å². The second kappa shape index (κ2) is 6.91. The van der Waals surface area contributed by atoms with Crippen LogP contribution in [0.5, 0.6) is 5.75 Å². The third-order valence-corrected chi connectivity index (χ3v) is 3.74. The molecule has 1 aromatic rings. The van der Waals surface area contributed by atoms with E-state index in [0.29, 0.717) is 6.42 Å². The fourth-order valence-corrected chi connectivity index (χ4v) is 2.72. The Morgan fingerprint density at radius 1 is 1.22 bits per heavy atom. The highest BCUT2D eigenvalue weighted by atomic mass is 31.2. The van der Waals surface area contributed by atoms with Crippen LogP contribution in [0.15, 0.2) is 53.0 Å². The zero-order chi connectivity index (χ0) is 17.0. The molecular formula is C15H16NO6P. The molecule has 0 aliphatic heterocycles. The van der Waals surface area contributed by atoms with Crippen LogP contribution in [0.25, 0.3) is 0 Å². The van der Waals surface area contributed by atoms with Gasteiger partial charge in [-0.2, -0.15) is 4.76 Å². The summed E-state index contributed by atoms with van der Waals surface area (Å²) >= 11 is 0. The molecule has 4 N–H and O–H groups in total. The molecule has 1 aliphatic rings. The molecule has 23 heavy (non-hydrogen) atoms. The fourth-order valence-electron chi connectivity index (χ4n) is 2.22. The number of phenolic OH excluding ortho intramolecular Hbond substituents is 1. The summed E-state index contributed by atoms with van der Waals surface area (Å²) in [5, 5.41) is 18.9. The van der Waals surface area contributed by atoms with Crippen molar-refractivity contribution in [2.45, 2.75) is 12.8 Å². The van der Waals surface area contributed by atoms with Gasteiger partial charge in [-0.25, -0.2) is 4.57 Å². The number of hydrogen-bond acceptors (Lipinski definition) is 4. The average molecular weight is 337 g/mol. The summed E-state index contributed by atoms with van der Waals surface area (Å²) in [6.45, 7) is 0. The molecule has 0 fully saturated rings. The summed E-state index contributed by atoms with van der Waals surface area (Å²) in [5.74, 6) is -1.41. The zero-order valence-electron chi connectivity index (χ0n) is 12.0. The van der Waals surface area contributed by atoms with Gasteiger partial charge < -0.3 is 20.0 Å². The molecule has 1 aliphatic carbocycles. The highest BCUT2D eigenvalue weighted by Crippen LogP contribution is 2.38. The summed E-state index contributed by atoms with van der Waals surface area (Å²) in [6, 6.07) is 6.46. The minimum atomic E-state index is -4.67. The van der Waals surface area contributed by atoms with Crippen LogP contribution in [0.4, 0.5) is 0 Å². The van der Waals surface area contributed by atoms with E-state index in [1.54, 1.807) is 12.1 Å². The molecule has 0 spiro atoms. The summed E-state index contributed by atoms with van der Waals surface area (Å²) in [5.41, 5.74) is 0.670. The molecule has 1 aromatic carbocycles. The molecule has 0 radical (unpaired) electrons. The molecule has 1 unspecified atom stereocenters. The standard InChI is InChI=1S/C15H16NO6P/c17-11-3-1-2-10(8-11)4-7-15(19)13-9-12(18)5-6-14(13)16-23(20,21)22/h1-3,5-6,8-9,13,17-18H,4,7H2,(H2,20,21,22)/b16-14+. The highest BCUT2D eigenvalue weighted by molar-refractivity contribution is 7.50. The van der Waals surface area contributed by atoms with Crippen molar-refractivity contribution in [2.75, 3.05) is 0 Å². The Morgan fingerprint density at radius 3 is 2.61 bits per heavy atom. The number of aryl methyl sites for hydroxylation is 1. The predicted molar refractivity (Wildman–Crippen MR) is 84.3 cm³/mol. The number of ketones is 1. The Bertz CT molecular complexity index is 746. The normalized spacial score (nSPS) is 19.7. The van der Waals surface area contributed by atoms with Crippen molar-refractivity contribution < 1.29 is 29.4 Å². The van der Waals surface area contributed by atoms with E-state index in [-0.39, 0.29) is 29.4 Å². The second-order valence-corrected chi connectivity index (χ2v) is 6.30. The molecule has 122 valence electrons. The molecule has 0 heterocycles. The fraction of sp³-hybridized carbons (Fsp3) is 0.200. The van der Waals surface area contributed by atoms with Gasteiger partial charge in [0.05, 0.1) is 11.6 Å². The first-order chi connectivity index (χ1) is 10.7. The van der Waals surface area contributed by atoms with E-state index >= 15 is 0 Å². The van der Waals surface area contributed by atoms with Gasteiger partial charge in [0.25, 0.3) is 0 Å². The van der Waals surface area contributed by atoms with Crippen LogP contribution < -0.4 is 0 Å². The molecule has 0 saturated carbocycles. The summed E-state index contributed by atoms with van der Waals surface area (Å²) in [7, 11) is -4.67. The average Bonchev–Trinajstić information content (AvgIpc) is 2.45. The SMILES string of the molecule is O=C(CCc1cccc(O)c1)C1C=C(O)C=C/C1=N\P(=O)(O)O.